The van der Waals surface area contributed by atoms with Crippen LogP contribution in [0.25, 0.3) is 0 Å². The lowest BCUT2D eigenvalue weighted by molar-refractivity contribution is 0.0916. The summed E-state index contributed by atoms with van der Waals surface area (Å²) in [6.07, 6.45) is 9.54. The fourth-order valence-electron chi connectivity index (χ4n) is 6.52. The first-order valence-electron chi connectivity index (χ1n) is 15.1. The molecule has 0 radical (unpaired) electrons. The van der Waals surface area contributed by atoms with Gasteiger partial charge in [-0.3, -0.25) is 9.59 Å². The van der Waals surface area contributed by atoms with Gasteiger partial charge < -0.3 is 39.1 Å². The van der Waals surface area contributed by atoms with E-state index in [1.165, 1.54) is 6.42 Å². The standard InChI is InChI=1S/C33H46N2O8/c1-38-26-16-22(17-27(39-2)30(26)42-5)32(36)34-24-11-7-20(8-12-24)15-21-9-13-25(14-10-21)35-33(37)23-18-28(40-3)31(43-6)29(19-23)41-4/h16-21,24-25H,7-15H2,1-6H3,(H,34,36)(H,35,37). The van der Waals surface area contributed by atoms with Crippen molar-refractivity contribution in [1.82, 2.24) is 10.6 Å². The Morgan fingerprint density at radius 3 is 1.09 bits per heavy atom. The summed E-state index contributed by atoms with van der Waals surface area (Å²) in [7, 11) is 9.26. The molecule has 0 saturated heterocycles. The minimum atomic E-state index is -0.130. The summed E-state index contributed by atoms with van der Waals surface area (Å²) in [5, 5.41) is 6.41. The van der Waals surface area contributed by atoms with Crippen molar-refractivity contribution in [3.63, 3.8) is 0 Å². The molecule has 0 aromatic heterocycles. The lowest BCUT2D eigenvalue weighted by Crippen LogP contribution is -2.39. The number of hydrogen-bond donors (Lipinski definition) is 2. The first-order chi connectivity index (χ1) is 20.8. The fourth-order valence-corrected chi connectivity index (χ4v) is 6.52. The van der Waals surface area contributed by atoms with Crippen LogP contribution in [0, 0.1) is 11.8 Å². The molecule has 0 spiro atoms. The summed E-state index contributed by atoms with van der Waals surface area (Å²) in [4.78, 5) is 26.1. The molecule has 2 aliphatic carbocycles. The second-order valence-corrected chi connectivity index (χ2v) is 11.4. The highest BCUT2D eigenvalue weighted by Gasteiger charge is 2.29. The van der Waals surface area contributed by atoms with E-state index in [1.807, 2.05) is 0 Å². The highest BCUT2D eigenvalue weighted by Crippen LogP contribution is 2.40. The molecule has 2 aliphatic rings. The van der Waals surface area contributed by atoms with Crippen LogP contribution in [-0.4, -0.2) is 66.6 Å². The van der Waals surface area contributed by atoms with Crippen molar-refractivity contribution in [2.75, 3.05) is 42.7 Å². The van der Waals surface area contributed by atoms with Gasteiger partial charge in [0.1, 0.15) is 0 Å². The van der Waals surface area contributed by atoms with E-state index in [0.717, 1.165) is 51.4 Å². The summed E-state index contributed by atoms with van der Waals surface area (Å²) >= 11 is 0. The smallest absolute Gasteiger partial charge is 0.251 e. The molecule has 4 rings (SSSR count). The van der Waals surface area contributed by atoms with Gasteiger partial charge in [-0.1, -0.05) is 0 Å². The number of amides is 2. The molecule has 2 saturated carbocycles. The molecule has 0 unspecified atom stereocenters. The number of nitrogens with one attached hydrogen (secondary N) is 2. The zero-order valence-corrected chi connectivity index (χ0v) is 26.2. The van der Waals surface area contributed by atoms with E-state index in [-0.39, 0.29) is 23.9 Å². The van der Waals surface area contributed by atoms with E-state index in [0.29, 0.717) is 57.5 Å². The Hall–Kier alpha value is -3.82. The van der Waals surface area contributed by atoms with E-state index < -0.39 is 0 Å². The second-order valence-electron chi connectivity index (χ2n) is 11.4. The SMILES string of the molecule is COc1cc(C(=O)NC2CCC(CC3CCC(NC(=O)c4cc(OC)c(OC)c(OC)c4)CC3)CC2)cc(OC)c1OC. The molecule has 0 heterocycles. The van der Waals surface area contributed by atoms with Gasteiger partial charge in [-0.15, -0.1) is 0 Å². The summed E-state index contributed by atoms with van der Waals surface area (Å²) in [5.41, 5.74) is 0.983. The molecule has 2 amide bonds. The van der Waals surface area contributed by atoms with Crippen LogP contribution in [0.15, 0.2) is 24.3 Å². The molecule has 0 atom stereocenters. The van der Waals surface area contributed by atoms with Gasteiger partial charge in [0.05, 0.1) is 42.7 Å². The van der Waals surface area contributed by atoms with Crippen LogP contribution < -0.4 is 39.1 Å². The van der Waals surface area contributed by atoms with Crippen molar-refractivity contribution >= 4 is 11.8 Å². The van der Waals surface area contributed by atoms with Gasteiger partial charge in [0.25, 0.3) is 11.8 Å². The van der Waals surface area contributed by atoms with E-state index in [4.69, 9.17) is 28.4 Å². The van der Waals surface area contributed by atoms with E-state index in [9.17, 15) is 9.59 Å². The third-order valence-corrected chi connectivity index (χ3v) is 8.88. The molecule has 10 nitrogen and oxygen atoms in total. The third kappa shape index (κ3) is 7.77. The first-order valence-corrected chi connectivity index (χ1v) is 15.1. The quantitative estimate of drug-likeness (QED) is 0.334. The van der Waals surface area contributed by atoms with Gasteiger partial charge in [0.2, 0.25) is 11.5 Å². The maximum atomic E-state index is 13.0. The number of rotatable bonds is 12. The Balaban J connectivity index is 1.21. The van der Waals surface area contributed by atoms with Crippen molar-refractivity contribution in [2.24, 2.45) is 11.8 Å². The number of ether oxygens (including phenoxy) is 6. The molecule has 2 N–H and O–H groups in total. The van der Waals surface area contributed by atoms with Crippen molar-refractivity contribution in [2.45, 2.75) is 69.9 Å². The Morgan fingerprint density at radius 1 is 0.535 bits per heavy atom. The topological polar surface area (TPSA) is 114 Å². The van der Waals surface area contributed by atoms with Crippen LogP contribution >= 0.6 is 0 Å². The number of methoxy groups -OCH3 is 6. The van der Waals surface area contributed by atoms with Crippen LogP contribution in [0.2, 0.25) is 0 Å². The molecule has 2 fully saturated rings. The Labute approximate surface area is 254 Å². The Morgan fingerprint density at radius 2 is 0.837 bits per heavy atom. The largest absolute Gasteiger partial charge is 0.493 e. The fraction of sp³-hybridized carbons (Fsp3) is 0.576. The predicted octanol–water partition coefficient (Wildman–Crippen LogP) is 5.41. The summed E-state index contributed by atoms with van der Waals surface area (Å²) < 4.78 is 32.3. The number of hydrogen-bond acceptors (Lipinski definition) is 8. The molecular weight excluding hydrogens is 552 g/mol. The Kier molecular flexibility index (Phi) is 11.3. The second kappa shape index (κ2) is 15.1. The summed E-state index contributed by atoms with van der Waals surface area (Å²) in [6.45, 7) is 0. The lowest BCUT2D eigenvalue weighted by Gasteiger charge is -2.34. The van der Waals surface area contributed by atoms with Crippen LogP contribution in [0.1, 0.15) is 78.5 Å². The van der Waals surface area contributed by atoms with Crippen molar-refractivity contribution in [3.05, 3.63) is 35.4 Å². The average Bonchev–Trinajstić information content (AvgIpc) is 3.04. The minimum absolute atomic E-state index is 0.130. The molecule has 0 bridgehead atoms. The van der Waals surface area contributed by atoms with E-state index in [1.54, 1.807) is 66.9 Å². The van der Waals surface area contributed by atoms with Gasteiger partial charge in [-0.25, -0.2) is 0 Å². The van der Waals surface area contributed by atoms with Gasteiger partial charge in [0, 0.05) is 23.2 Å². The zero-order chi connectivity index (χ0) is 30.9. The maximum Gasteiger partial charge on any atom is 0.251 e. The number of carbonyl (C=O) groups is 2. The van der Waals surface area contributed by atoms with Crippen molar-refractivity contribution < 1.29 is 38.0 Å². The third-order valence-electron chi connectivity index (χ3n) is 8.88. The van der Waals surface area contributed by atoms with Crippen molar-refractivity contribution in [1.29, 1.82) is 0 Å². The molecule has 236 valence electrons. The number of carbonyl (C=O) groups excluding carboxylic acids is 2. The predicted molar refractivity (Wildman–Crippen MR) is 163 cm³/mol. The molecule has 2 aromatic rings. The first kappa shape index (κ1) is 32.1. The lowest BCUT2D eigenvalue weighted by atomic mass is 9.75. The molecular formula is C33H46N2O8. The summed E-state index contributed by atoms with van der Waals surface area (Å²) in [5.74, 6) is 3.88. The zero-order valence-electron chi connectivity index (χ0n) is 26.2. The Bertz CT molecular complexity index is 1100. The average molecular weight is 599 g/mol. The van der Waals surface area contributed by atoms with Crippen LogP contribution in [0.4, 0.5) is 0 Å². The minimum Gasteiger partial charge on any atom is -0.493 e. The van der Waals surface area contributed by atoms with Crippen molar-refractivity contribution in [3.8, 4) is 34.5 Å². The molecule has 43 heavy (non-hydrogen) atoms. The molecule has 10 heteroatoms. The summed E-state index contributed by atoms with van der Waals surface area (Å²) in [6, 6.07) is 7.06. The maximum absolute atomic E-state index is 13.0. The van der Waals surface area contributed by atoms with Crippen LogP contribution in [0.5, 0.6) is 34.5 Å². The van der Waals surface area contributed by atoms with Gasteiger partial charge >= 0.3 is 0 Å². The highest BCUT2D eigenvalue weighted by atomic mass is 16.5. The number of benzene rings is 2. The van der Waals surface area contributed by atoms with Crippen LogP contribution in [-0.2, 0) is 0 Å². The highest BCUT2D eigenvalue weighted by molar-refractivity contribution is 5.96. The van der Waals surface area contributed by atoms with Gasteiger partial charge in [0.15, 0.2) is 23.0 Å². The van der Waals surface area contributed by atoms with E-state index in [2.05, 4.69) is 10.6 Å². The normalized spacial score (nSPS) is 21.7. The van der Waals surface area contributed by atoms with E-state index >= 15 is 0 Å². The molecule has 2 aromatic carbocycles. The van der Waals surface area contributed by atoms with Crippen LogP contribution in [0.3, 0.4) is 0 Å². The molecule has 0 aliphatic heterocycles. The van der Waals surface area contributed by atoms with Gasteiger partial charge in [-0.05, 0) is 93.9 Å². The van der Waals surface area contributed by atoms with Gasteiger partial charge in [-0.2, -0.15) is 0 Å². The monoisotopic (exact) mass is 598 g/mol.